The van der Waals surface area contributed by atoms with Crippen LogP contribution in [-0.2, 0) is 24.3 Å². The monoisotopic (exact) mass is 374 g/mol. The summed E-state index contributed by atoms with van der Waals surface area (Å²) in [6.45, 7) is 10.4. The molecule has 0 saturated carbocycles. The summed E-state index contributed by atoms with van der Waals surface area (Å²) in [6.07, 6.45) is 0.894. The van der Waals surface area contributed by atoms with Crippen LogP contribution in [0.25, 0.3) is 0 Å². The van der Waals surface area contributed by atoms with E-state index in [9.17, 15) is 0 Å². The molecule has 0 aliphatic rings. The van der Waals surface area contributed by atoms with E-state index in [1.54, 1.807) is 18.4 Å². The molecule has 2 N–H and O–H groups in total. The minimum atomic E-state index is -0.129. The number of rotatable bonds is 7. The predicted molar refractivity (Wildman–Crippen MR) is 110 cm³/mol. The summed E-state index contributed by atoms with van der Waals surface area (Å²) in [5, 5.41) is 9.91. The van der Waals surface area contributed by atoms with Crippen LogP contribution in [0.15, 0.2) is 34.6 Å². The number of hydrogen-bond acceptors (Lipinski definition) is 4. The molecule has 26 heavy (non-hydrogen) atoms. The summed E-state index contributed by atoms with van der Waals surface area (Å²) in [4.78, 5) is 8.76. The van der Waals surface area contributed by atoms with E-state index < -0.39 is 0 Å². The lowest BCUT2D eigenvalue weighted by Crippen LogP contribution is -2.37. The van der Waals surface area contributed by atoms with Gasteiger partial charge in [-0.15, -0.1) is 11.3 Å². The Hall–Kier alpha value is -1.92. The largest absolute Gasteiger partial charge is 0.371 e. The van der Waals surface area contributed by atoms with E-state index in [0.29, 0.717) is 6.61 Å². The van der Waals surface area contributed by atoms with Gasteiger partial charge in [0.05, 0.1) is 22.9 Å². The molecular weight excluding hydrogens is 344 g/mol. The quantitative estimate of drug-likeness (QED) is 0.573. The zero-order valence-electron chi connectivity index (χ0n) is 16.4. The van der Waals surface area contributed by atoms with Gasteiger partial charge < -0.3 is 15.4 Å². The molecule has 0 bridgehead atoms. The Labute approximate surface area is 160 Å². The zero-order valence-corrected chi connectivity index (χ0v) is 17.2. The molecule has 0 spiro atoms. The van der Waals surface area contributed by atoms with Crippen molar-refractivity contribution >= 4 is 17.3 Å². The highest BCUT2D eigenvalue weighted by atomic mass is 32.1. The van der Waals surface area contributed by atoms with Crippen LogP contribution in [0.3, 0.4) is 0 Å². The topological polar surface area (TPSA) is 58.5 Å². The molecule has 0 unspecified atom stereocenters. The molecule has 1 aromatic carbocycles. The zero-order chi connectivity index (χ0) is 19.0. The normalized spacial score (nSPS) is 12.3. The van der Waals surface area contributed by atoms with Crippen molar-refractivity contribution < 1.29 is 4.74 Å². The van der Waals surface area contributed by atoms with Gasteiger partial charge in [0.25, 0.3) is 0 Å². The molecule has 0 aliphatic heterocycles. The van der Waals surface area contributed by atoms with Gasteiger partial charge in [-0.05, 0) is 38.8 Å². The molecule has 0 saturated heterocycles. The van der Waals surface area contributed by atoms with Crippen LogP contribution in [0.1, 0.15) is 42.6 Å². The van der Waals surface area contributed by atoms with Crippen molar-refractivity contribution in [1.82, 2.24) is 15.6 Å². The maximum Gasteiger partial charge on any atom is 0.191 e. The van der Waals surface area contributed by atoms with Gasteiger partial charge in [-0.25, -0.2) is 4.98 Å². The average Bonchev–Trinajstić information content (AvgIpc) is 3.01. The summed E-state index contributed by atoms with van der Waals surface area (Å²) >= 11 is 1.69. The molecule has 0 atom stereocenters. The summed E-state index contributed by atoms with van der Waals surface area (Å²) in [5.74, 6) is 0.799. The highest BCUT2D eigenvalue weighted by molar-refractivity contribution is 7.09. The molecule has 1 aromatic heterocycles. The fraction of sp³-hybridized carbons (Fsp3) is 0.500. The molecule has 1 heterocycles. The van der Waals surface area contributed by atoms with E-state index in [1.807, 2.05) is 6.92 Å². The van der Waals surface area contributed by atoms with Crippen molar-refractivity contribution in [3.63, 3.8) is 0 Å². The second-order valence-corrected chi connectivity index (χ2v) is 8.24. The Morgan fingerprint density at radius 2 is 2.00 bits per heavy atom. The van der Waals surface area contributed by atoms with E-state index in [2.05, 4.69) is 71.0 Å². The molecule has 2 aromatic rings. The summed E-state index contributed by atoms with van der Waals surface area (Å²) in [5.41, 5.74) is 3.39. The number of aromatic nitrogens is 1. The van der Waals surface area contributed by atoms with Crippen LogP contribution in [-0.4, -0.2) is 30.1 Å². The number of aryl methyl sites for hydroxylation is 1. The summed E-state index contributed by atoms with van der Waals surface area (Å²) in [7, 11) is 1.79. The molecule has 0 aliphatic carbocycles. The standard InChI is InChI=1S/C20H30N4OS/c1-15-24-18(14-26-15)9-10-22-19(21-5)23-12-16-7-6-8-17(11-16)13-25-20(2,3)4/h6-8,11,14H,9-10,12-13H2,1-5H3,(H2,21,22,23). The Bertz CT molecular complexity index is 719. The van der Waals surface area contributed by atoms with E-state index in [1.165, 1.54) is 11.1 Å². The molecule has 0 radical (unpaired) electrons. The highest BCUT2D eigenvalue weighted by Gasteiger charge is 2.10. The van der Waals surface area contributed by atoms with Crippen molar-refractivity contribution in [1.29, 1.82) is 0 Å². The van der Waals surface area contributed by atoms with Crippen molar-refractivity contribution in [3.05, 3.63) is 51.5 Å². The van der Waals surface area contributed by atoms with Crippen LogP contribution in [0.2, 0.25) is 0 Å². The van der Waals surface area contributed by atoms with Crippen molar-refractivity contribution in [2.45, 2.75) is 52.9 Å². The van der Waals surface area contributed by atoms with Gasteiger partial charge in [0, 0.05) is 31.9 Å². The molecule has 142 valence electrons. The lowest BCUT2D eigenvalue weighted by atomic mass is 10.1. The fourth-order valence-corrected chi connectivity index (χ4v) is 3.01. The van der Waals surface area contributed by atoms with Gasteiger partial charge in [-0.3, -0.25) is 4.99 Å². The third-order valence-corrected chi connectivity index (χ3v) is 4.51. The van der Waals surface area contributed by atoms with E-state index in [-0.39, 0.29) is 5.60 Å². The first kappa shape index (κ1) is 20.4. The summed E-state index contributed by atoms with van der Waals surface area (Å²) < 4.78 is 5.85. The Kier molecular flexibility index (Phi) is 7.60. The number of nitrogens with zero attached hydrogens (tertiary/aromatic N) is 2. The van der Waals surface area contributed by atoms with Crippen LogP contribution >= 0.6 is 11.3 Å². The van der Waals surface area contributed by atoms with E-state index in [4.69, 9.17) is 4.74 Å². The van der Waals surface area contributed by atoms with Gasteiger partial charge in [0.1, 0.15) is 0 Å². The van der Waals surface area contributed by atoms with Gasteiger partial charge >= 0.3 is 0 Å². The van der Waals surface area contributed by atoms with E-state index >= 15 is 0 Å². The first-order valence-corrected chi connectivity index (χ1v) is 9.81. The van der Waals surface area contributed by atoms with Crippen molar-refractivity contribution in [2.24, 2.45) is 4.99 Å². The van der Waals surface area contributed by atoms with Gasteiger partial charge in [-0.2, -0.15) is 0 Å². The third kappa shape index (κ3) is 7.54. The van der Waals surface area contributed by atoms with Crippen LogP contribution < -0.4 is 10.6 Å². The second-order valence-electron chi connectivity index (χ2n) is 7.18. The minimum Gasteiger partial charge on any atom is -0.371 e. The number of ether oxygens (including phenoxy) is 1. The number of guanidine groups is 1. The fourth-order valence-electron chi connectivity index (χ4n) is 2.37. The van der Waals surface area contributed by atoms with E-state index in [0.717, 1.165) is 36.2 Å². The Morgan fingerprint density at radius 3 is 2.65 bits per heavy atom. The average molecular weight is 375 g/mol. The predicted octanol–water partition coefficient (Wildman–Crippen LogP) is 3.67. The van der Waals surface area contributed by atoms with Gasteiger partial charge in [-0.1, -0.05) is 24.3 Å². The number of benzene rings is 1. The summed E-state index contributed by atoms with van der Waals surface area (Å²) in [6, 6.07) is 8.44. The van der Waals surface area contributed by atoms with Crippen LogP contribution in [0.4, 0.5) is 0 Å². The maximum atomic E-state index is 5.85. The molecule has 5 nitrogen and oxygen atoms in total. The SMILES string of the molecule is CN=C(NCCc1csc(C)n1)NCc1cccc(COC(C)(C)C)c1. The molecule has 6 heteroatoms. The Balaban J connectivity index is 1.78. The molecule has 2 rings (SSSR count). The Morgan fingerprint density at radius 1 is 1.23 bits per heavy atom. The first-order valence-electron chi connectivity index (χ1n) is 8.93. The van der Waals surface area contributed by atoms with Crippen LogP contribution in [0.5, 0.6) is 0 Å². The molecule has 0 amide bonds. The van der Waals surface area contributed by atoms with Crippen molar-refractivity contribution in [3.8, 4) is 0 Å². The number of aliphatic imine (C=N–C) groups is 1. The number of nitrogens with one attached hydrogen (secondary N) is 2. The second kappa shape index (κ2) is 9.69. The van der Waals surface area contributed by atoms with Gasteiger partial charge in [0.15, 0.2) is 5.96 Å². The highest BCUT2D eigenvalue weighted by Crippen LogP contribution is 2.13. The van der Waals surface area contributed by atoms with Crippen LogP contribution in [0, 0.1) is 6.92 Å². The minimum absolute atomic E-state index is 0.129. The smallest absolute Gasteiger partial charge is 0.191 e. The molecule has 0 fully saturated rings. The van der Waals surface area contributed by atoms with Gasteiger partial charge in [0.2, 0.25) is 0 Å². The maximum absolute atomic E-state index is 5.85. The number of hydrogen-bond donors (Lipinski definition) is 2. The third-order valence-electron chi connectivity index (χ3n) is 3.69. The lowest BCUT2D eigenvalue weighted by Gasteiger charge is -2.19. The first-order chi connectivity index (χ1) is 12.4. The van der Waals surface area contributed by atoms with Crippen molar-refractivity contribution in [2.75, 3.05) is 13.6 Å². The lowest BCUT2D eigenvalue weighted by molar-refractivity contribution is -0.0149. The number of thiazole rings is 1. The molecular formula is C20H30N4OS.